The normalized spacial score (nSPS) is 11.2. The second kappa shape index (κ2) is 10.1. The molecule has 0 aliphatic carbocycles. The SMILES string of the molecule is C[NH+](C)Cc1ccccc1CNC(=O)c1ccc(CNC(=O)OC(C)(C)C)cc1. The van der Waals surface area contributed by atoms with Gasteiger partial charge in [-0.2, -0.15) is 0 Å². The summed E-state index contributed by atoms with van der Waals surface area (Å²) in [4.78, 5) is 25.5. The van der Waals surface area contributed by atoms with Crippen molar-refractivity contribution in [3.05, 3.63) is 70.8 Å². The predicted molar refractivity (Wildman–Crippen MR) is 114 cm³/mol. The van der Waals surface area contributed by atoms with E-state index >= 15 is 0 Å². The minimum absolute atomic E-state index is 0.122. The molecule has 0 bridgehead atoms. The van der Waals surface area contributed by atoms with Crippen LogP contribution in [0.1, 0.15) is 47.8 Å². The predicted octanol–water partition coefficient (Wildman–Crippen LogP) is 2.29. The number of amides is 2. The van der Waals surface area contributed by atoms with Gasteiger partial charge >= 0.3 is 6.09 Å². The molecule has 0 atom stereocenters. The second-order valence-electron chi connectivity index (χ2n) is 8.39. The molecule has 29 heavy (non-hydrogen) atoms. The first-order chi connectivity index (χ1) is 13.6. The van der Waals surface area contributed by atoms with Gasteiger partial charge in [0.2, 0.25) is 0 Å². The number of rotatable bonds is 7. The molecule has 3 N–H and O–H groups in total. The molecule has 0 spiro atoms. The van der Waals surface area contributed by atoms with Crippen molar-refractivity contribution < 1.29 is 19.2 Å². The minimum atomic E-state index is -0.529. The van der Waals surface area contributed by atoms with E-state index in [9.17, 15) is 9.59 Å². The molecule has 0 aliphatic rings. The van der Waals surface area contributed by atoms with Crippen molar-refractivity contribution in [3.8, 4) is 0 Å². The van der Waals surface area contributed by atoms with Gasteiger partial charge in [0, 0.05) is 24.2 Å². The van der Waals surface area contributed by atoms with Crippen molar-refractivity contribution in [3.63, 3.8) is 0 Å². The Morgan fingerprint density at radius 3 is 2.10 bits per heavy atom. The van der Waals surface area contributed by atoms with E-state index < -0.39 is 11.7 Å². The summed E-state index contributed by atoms with van der Waals surface area (Å²) in [6.07, 6.45) is -0.461. The average molecular weight is 399 g/mol. The quantitative estimate of drug-likeness (QED) is 0.670. The highest BCUT2D eigenvalue weighted by molar-refractivity contribution is 5.94. The lowest BCUT2D eigenvalue weighted by Gasteiger charge is -2.19. The van der Waals surface area contributed by atoms with Gasteiger partial charge < -0.3 is 20.3 Å². The standard InChI is InChI=1S/C23H31N3O3/c1-23(2,3)29-22(28)25-14-17-10-12-18(13-11-17)21(27)24-15-19-8-6-7-9-20(19)16-26(4)5/h6-13H,14-16H2,1-5H3,(H,24,27)(H,25,28)/p+1. The van der Waals surface area contributed by atoms with Crippen LogP contribution in [0.4, 0.5) is 4.79 Å². The fraction of sp³-hybridized carbons (Fsp3) is 0.391. The number of ether oxygens (including phenoxy) is 1. The first-order valence-corrected chi connectivity index (χ1v) is 9.84. The van der Waals surface area contributed by atoms with Gasteiger partial charge in [-0.3, -0.25) is 4.79 Å². The number of carbonyl (C=O) groups excluding carboxylic acids is 2. The van der Waals surface area contributed by atoms with E-state index in [1.165, 1.54) is 10.5 Å². The fourth-order valence-corrected chi connectivity index (χ4v) is 2.82. The summed E-state index contributed by atoms with van der Waals surface area (Å²) in [6, 6.07) is 15.3. The maximum Gasteiger partial charge on any atom is 0.407 e. The van der Waals surface area contributed by atoms with Crippen LogP contribution in [0.5, 0.6) is 0 Å². The lowest BCUT2D eigenvalue weighted by atomic mass is 10.1. The Balaban J connectivity index is 1.89. The number of hydrogen-bond donors (Lipinski definition) is 3. The average Bonchev–Trinajstić information content (AvgIpc) is 2.64. The molecule has 0 aromatic heterocycles. The van der Waals surface area contributed by atoms with Crippen LogP contribution in [0.2, 0.25) is 0 Å². The van der Waals surface area contributed by atoms with Gasteiger partial charge in [-0.1, -0.05) is 36.4 Å². The monoisotopic (exact) mass is 398 g/mol. The van der Waals surface area contributed by atoms with Gasteiger partial charge in [0.15, 0.2) is 0 Å². The molecule has 2 amide bonds. The summed E-state index contributed by atoms with van der Waals surface area (Å²) in [6.45, 7) is 7.20. The lowest BCUT2D eigenvalue weighted by molar-refractivity contribution is -0.872. The van der Waals surface area contributed by atoms with Crippen molar-refractivity contribution >= 4 is 12.0 Å². The molecule has 0 unspecified atom stereocenters. The molecule has 0 heterocycles. The zero-order valence-electron chi connectivity index (χ0n) is 18.0. The largest absolute Gasteiger partial charge is 0.444 e. The highest BCUT2D eigenvalue weighted by Crippen LogP contribution is 2.10. The van der Waals surface area contributed by atoms with E-state index in [0.717, 1.165) is 17.7 Å². The molecule has 6 heteroatoms. The Bertz CT molecular complexity index is 824. The van der Waals surface area contributed by atoms with E-state index in [2.05, 4.69) is 30.8 Å². The lowest BCUT2D eigenvalue weighted by Crippen LogP contribution is -3.04. The molecule has 2 aromatic carbocycles. The van der Waals surface area contributed by atoms with Crippen molar-refractivity contribution in [2.45, 2.75) is 46.0 Å². The van der Waals surface area contributed by atoms with Crippen LogP contribution in [-0.4, -0.2) is 31.7 Å². The molecular weight excluding hydrogens is 366 g/mol. The van der Waals surface area contributed by atoms with Crippen molar-refractivity contribution in [2.75, 3.05) is 14.1 Å². The van der Waals surface area contributed by atoms with Crippen LogP contribution >= 0.6 is 0 Å². The first kappa shape index (κ1) is 22.4. The molecule has 2 aromatic rings. The van der Waals surface area contributed by atoms with E-state index in [-0.39, 0.29) is 5.91 Å². The van der Waals surface area contributed by atoms with Crippen LogP contribution < -0.4 is 15.5 Å². The topological polar surface area (TPSA) is 71.9 Å². The molecular formula is C23H32N3O3+. The second-order valence-corrected chi connectivity index (χ2v) is 8.39. The Kier molecular flexibility index (Phi) is 7.79. The maximum atomic E-state index is 12.5. The molecule has 156 valence electrons. The van der Waals surface area contributed by atoms with Gasteiger partial charge in [-0.25, -0.2) is 4.79 Å². The third-order valence-corrected chi connectivity index (χ3v) is 4.15. The van der Waals surface area contributed by atoms with Gasteiger partial charge in [0.05, 0.1) is 14.1 Å². The van der Waals surface area contributed by atoms with Crippen LogP contribution in [0.25, 0.3) is 0 Å². The number of nitrogens with one attached hydrogen (secondary N) is 3. The summed E-state index contributed by atoms with van der Waals surface area (Å²) in [5.74, 6) is -0.122. The number of quaternary nitrogens is 1. The number of hydrogen-bond acceptors (Lipinski definition) is 3. The molecule has 0 aliphatic heterocycles. The summed E-state index contributed by atoms with van der Waals surface area (Å²) >= 11 is 0. The summed E-state index contributed by atoms with van der Waals surface area (Å²) < 4.78 is 5.21. The van der Waals surface area contributed by atoms with Crippen molar-refractivity contribution in [2.24, 2.45) is 0 Å². The van der Waals surface area contributed by atoms with Gasteiger partial charge in [0.25, 0.3) is 5.91 Å². The first-order valence-electron chi connectivity index (χ1n) is 9.84. The third-order valence-electron chi connectivity index (χ3n) is 4.15. The zero-order chi connectivity index (χ0) is 21.4. The van der Waals surface area contributed by atoms with E-state index in [1.54, 1.807) is 12.1 Å². The molecule has 0 fully saturated rings. The van der Waals surface area contributed by atoms with E-state index in [4.69, 9.17) is 4.74 Å². The van der Waals surface area contributed by atoms with Crippen LogP contribution in [0.3, 0.4) is 0 Å². The number of alkyl carbamates (subject to hydrolysis) is 1. The van der Waals surface area contributed by atoms with Gasteiger partial charge in [-0.15, -0.1) is 0 Å². The highest BCUT2D eigenvalue weighted by Gasteiger charge is 2.15. The highest BCUT2D eigenvalue weighted by atomic mass is 16.6. The summed E-state index contributed by atoms with van der Waals surface area (Å²) in [7, 11) is 4.21. The van der Waals surface area contributed by atoms with Gasteiger partial charge in [0.1, 0.15) is 12.1 Å². The molecule has 2 rings (SSSR count). The van der Waals surface area contributed by atoms with Crippen LogP contribution in [0.15, 0.2) is 48.5 Å². The molecule has 0 radical (unpaired) electrons. The molecule has 0 saturated carbocycles. The minimum Gasteiger partial charge on any atom is -0.444 e. The number of carbonyl (C=O) groups is 2. The van der Waals surface area contributed by atoms with Gasteiger partial charge in [-0.05, 0) is 44.0 Å². The Morgan fingerprint density at radius 2 is 1.52 bits per heavy atom. The van der Waals surface area contributed by atoms with Crippen molar-refractivity contribution in [1.82, 2.24) is 10.6 Å². The summed E-state index contributed by atoms with van der Waals surface area (Å²) in [5.41, 5.74) is 3.31. The smallest absolute Gasteiger partial charge is 0.407 e. The Hall–Kier alpha value is -2.86. The van der Waals surface area contributed by atoms with Crippen LogP contribution in [0, 0.1) is 0 Å². The van der Waals surface area contributed by atoms with Crippen molar-refractivity contribution in [1.29, 1.82) is 0 Å². The fourth-order valence-electron chi connectivity index (χ4n) is 2.82. The molecule has 0 saturated heterocycles. The van der Waals surface area contributed by atoms with E-state index in [0.29, 0.717) is 18.7 Å². The summed E-state index contributed by atoms with van der Waals surface area (Å²) in [5, 5.41) is 5.70. The van der Waals surface area contributed by atoms with Crippen LogP contribution in [-0.2, 0) is 24.4 Å². The zero-order valence-corrected chi connectivity index (χ0v) is 18.0. The molecule has 6 nitrogen and oxygen atoms in total. The van der Waals surface area contributed by atoms with E-state index in [1.807, 2.05) is 51.1 Å². The number of benzene rings is 2. The maximum absolute atomic E-state index is 12.5. The third kappa shape index (κ3) is 7.95. The Labute approximate surface area is 173 Å². The Morgan fingerprint density at radius 1 is 0.897 bits per heavy atom.